The highest BCUT2D eigenvalue weighted by Crippen LogP contribution is 2.34. The van der Waals surface area contributed by atoms with Gasteiger partial charge in [0.05, 0.1) is 5.92 Å². The van der Waals surface area contributed by atoms with E-state index >= 15 is 0 Å². The lowest BCUT2D eigenvalue weighted by atomic mass is 9.77. The fraction of sp³-hybridized carbons (Fsp3) is 0.318. The van der Waals surface area contributed by atoms with Gasteiger partial charge in [0.15, 0.2) is 0 Å². The predicted molar refractivity (Wildman–Crippen MR) is 96.8 cm³/mol. The first kappa shape index (κ1) is 16.5. The molecule has 0 aliphatic heterocycles. The quantitative estimate of drug-likeness (QED) is 0.430. The summed E-state index contributed by atoms with van der Waals surface area (Å²) < 4.78 is 5.48. The molecule has 0 aromatic heterocycles. The largest absolute Gasteiger partial charge is 0.426 e. The summed E-state index contributed by atoms with van der Waals surface area (Å²) in [7, 11) is 0. The van der Waals surface area contributed by atoms with Gasteiger partial charge in [0, 0.05) is 0 Å². The molecule has 0 N–H and O–H groups in total. The van der Waals surface area contributed by atoms with Gasteiger partial charge in [0.1, 0.15) is 5.75 Å². The van der Waals surface area contributed by atoms with Crippen molar-refractivity contribution in [2.24, 2.45) is 11.8 Å². The lowest BCUT2D eigenvalue weighted by molar-refractivity contribution is -0.140. The van der Waals surface area contributed by atoms with Crippen LogP contribution in [0.5, 0.6) is 5.75 Å². The third kappa shape index (κ3) is 4.35. The Labute approximate surface area is 144 Å². The zero-order valence-corrected chi connectivity index (χ0v) is 14.0. The van der Waals surface area contributed by atoms with E-state index < -0.39 is 0 Å². The van der Waals surface area contributed by atoms with Gasteiger partial charge in [0.25, 0.3) is 0 Å². The van der Waals surface area contributed by atoms with Gasteiger partial charge in [0.2, 0.25) is 0 Å². The number of hydrogen-bond acceptors (Lipinski definition) is 2. The number of hydrogen-bond donors (Lipinski definition) is 0. The molecule has 2 aromatic rings. The Balaban J connectivity index is 1.48. The zero-order valence-electron chi connectivity index (χ0n) is 14.0. The molecule has 0 atom stereocenters. The highest BCUT2D eigenvalue weighted by Gasteiger charge is 2.28. The number of rotatable bonds is 5. The fourth-order valence-corrected chi connectivity index (χ4v) is 3.43. The molecule has 24 heavy (non-hydrogen) atoms. The summed E-state index contributed by atoms with van der Waals surface area (Å²) in [5.74, 6) is 1.09. The van der Waals surface area contributed by atoms with Crippen molar-refractivity contribution in [3.05, 3.63) is 78.4 Å². The number of allylic oxidation sites excluding steroid dienone is 1. The second-order valence-electron chi connectivity index (χ2n) is 6.60. The molecular weight excluding hydrogens is 296 g/mol. The molecule has 1 aliphatic rings. The smallest absolute Gasteiger partial charge is 0.314 e. The normalized spacial score (nSPS) is 20.3. The minimum absolute atomic E-state index is 0.0194. The molecule has 1 fully saturated rings. The van der Waals surface area contributed by atoms with E-state index in [1.54, 1.807) is 0 Å². The van der Waals surface area contributed by atoms with Gasteiger partial charge in [-0.15, -0.1) is 0 Å². The number of benzene rings is 2. The molecule has 0 spiro atoms. The third-order valence-corrected chi connectivity index (χ3v) is 4.87. The molecule has 0 bridgehead atoms. The van der Waals surface area contributed by atoms with Gasteiger partial charge >= 0.3 is 5.97 Å². The van der Waals surface area contributed by atoms with Crippen LogP contribution in [0, 0.1) is 11.8 Å². The number of carbonyl (C=O) groups excluding carboxylic acids is 1. The van der Waals surface area contributed by atoms with E-state index in [2.05, 4.69) is 30.8 Å². The first-order valence-electron chi connectivity index (χ1n) is 8.70. The maximum Gasteiger partial charge on any atom is 0.314 e. The topological polar surface area (TPSA) is 26.3 Å². The van der Waals surface area contributed by atoms with Crippen molar-refractivity contribution in [2.45, 2.75) is 32.1 Å². The molecule has 0 amide bonds. The second-order valence-corrected chi connectivity index (χ2v) is 6.60. The Hall–Kier alpha value is -2.35. The Morgan fingerprint density at radius 1 is 0.875 bits per heavy atom. The van der Waals surface area contributed by atoms with E-state index in [4.69, 9.17) is 4.74 Å². The monoisotopic (exact) mass is 320 g/mol. The molecule has 0 unspecified atom stereocenters. The summed E-state index contributed by atoms with van der Waals surface area (Å²) in [6, 6.07) is 19.8. The van der Waals surface area contributed by atoms with Gasteiger partial charge in [-0.2, -0.15) is 0 Å². The Morgan fingerprint density at radius 2 is 1.42 bits per heavy atom. The Morgan fingerprint density at radius 3 is 2.04 bits per heavy atom. The molecule has 0 heterocycles. The molecule has 1 aliphatic carbocycles. The van der Waals surface area contributed by atoms with E-state index in [1.807, 2.05) is 36.4 Å². The summed E-state index contributed by atoms with van der Waals surface area (Å²) in [6.07, 6.45) is 4.78. The van der Waals surface area contributed by atoms with E-state index in [1.165, 1.54) is 11.1 Å². The van der Waals surface area contributed by atoms with Crippen LogP contribution in [0.25, 0.3) is 0 Å². The predicted octanol–water partition coefficient (Wildman–Crippen LogP) is 5.20. The second kappa shape index (κ2) is 7.96. The molecule has 2 heteroatoms. The summed E-state index contributed by atoms with van der Waals surface area (Å²) in [4.78, 5) is 12.3. The van der Waals surface area contributed by atoms with Crippen LogP contribution in [0.2, 0.25) is 0 Å². The summed E-state index contributed by atoms with van der Waals surface area (Å²) in [5.41, 5.74) is 2.60. The van der Waals surface area contributed by atoms with Crippen LogP contribution in [0.3, 0.4) is 0 Å². The van der Waals surface area contributed by atoms with Crippen LogP contribution >= 0.6 is 0 Å². The Bertz CT molecular complexity index is 606. The SMILES string of the molecule is C=C(Cc1ccccc1)C1CCC(C(=O)Oc2ccccc2)CC1. The van der Waals surface area contributed by atoms with Crippen molar-refractivity contribution >= 4 is 5.97 Å². The molecule has 1 saturated carbocycles. The molecule has 2 nitrogen and oxygen atoms in total. The Kier molecular flexibility index (Phi) is 5.47. The zero-order chi connectivity index (χ0) is 16.8. The van der Waals surface area contributed by atoms with Crippen molar-refractivity contribution in [2.75, 3.05) is 0 Å². The van der Waals surface area contributed by atoms with Gasteiger partial charge in [-0.1, -0.05) is 60.7 Å². The minimum atomic E-state index is -0.0895. The van der Waals surface area contributed by atoms with Gasteiger partial charge in [-0.25, -0.2) is 0 Å². The third-order valence-electron chi connectivity index (χ3n) is 4.87. The van der Waals surface area contributed by atoms with Gasteiger partial charge in [-0.3, -0.25) is 4.79 Å². The molecular formula is C22H24O2. The fourth-order valence-electron chi connectivity index (χ4n) is 3.43. The van der Waals surface area contributed by atoms with E-state index in [0.717, 1.165) is 32.1 Å². The number of esters is 1. The number of carbonyl (C=O) groups is 1. The van der Waals surface area contributed by atoms with Crippen molar-refractivity contribution < 1.29 is 9.53 Å². The molecule has 3 rings (SSSR count). The van der Waals surface area contributed by atoms with Crippen molar-refractivity contribution in [3.8, 4) is 5.75 Å². The average molecular weight is 320 g/mol. The number of para-hydroxylation sites is 1. The van der Waals surface area contributed by atoms with E-state index in [9.17, 15) is 4.79 Å². The maximum absolute atomic E-state index is 12.3. The van der Waals surface area contributed by atoms with Gasteiger partial charge < -0.3 is 4.74 Å². The first-order valence-corrected chi connectivity index (χ1v) is 8.70. The van der Waals surface area contributed by atoms with Gasteiger partial charge in [-0.05, 0) is 55.7 Å². The lowest BCUT2D eigenvalue weighted by Crippen LogP contribution is -2.26. The lowest BCUT2D eigenvalue weighted by Gasteiger charge is -2.28. The van der Waals surface area contributed by atoms with E-state index in [-0.39, 0.29) is 11.9 Å². The molecule has 2 aromatic carbocycles. The van der Waals surface area contributed by atoms with Crippen molar-refractivity contribution in [3.63, 3.8) is 0 Å². The van der Waals surface area contributed by atoms with Crippen LogP contribution in [0.15, 0.2) is 72.8 Å². The highest BCUT2D eigenvalue weighted by molar-refractivity contribution is 5.75. The molecule has 124 valence electrons. The average Bonchev–Trinajstić information content (AvgIpc) is 2.63. The highest BCUT2D eigenvalue weighted by atomic mass is 16.5. The maximum atomic E-state index is 12.3. The van der Waals surface area contributed by atoms with Crippen molar-refractivity contribution in [1.29, 1.82) is 0 Å². The molecule has 0 radical (unpaired) electrons. The summed E-state index contributed by atoms with van der Waals surface area (Å²) >= 11 is 0. The molecule has 0 saturated heterocycles. The standard InChI is InChI=1S/C22H24O2/c1-17(16-18-8-4-2-5-9-18)19-12-14-20(15-13-19)22(23)24-21-10-6-3-7-11-21/h2-11,19-20H,1,12-16H2. The number of ether oxygens (including phenoxy) is 1. The van der Waals surface area contributed by atoms with Crippen molar-refractivity contribution in [1.82, 2.24) is 0 Å². The van der Waals surface area contributed by atoms with E-state index in [0.29, 0.717) is 11.7 Å². The van der Waals surface area contributed by atoms with Crippen LogP contribution in [-0.4, -0.2) is 5.97 Å². The van der Waals surface area contributed by atoms with Crippen LogP contribution in [-0.2, 0) is 11.2 Å². The summed E-state index contributed by atoms with van der Waals surface area (Å²) in [6.45, 7) is 4.30. The minimum Gasteiger partial charge on any atom is -0.426 e. The summed E-state index contributed by atoms with van der Waals surface area (Å²) in [5, 5.41) is 0. The first-order chi connectivity index (χ1) is 11.7. The van der Waals surface area contributed by atoms with Crippen LogP contribution in [0.4, 0.5) is 0 Å². The van der Waals surface area contributed by atoms with Crippen LogP contribution in [0.1, 0.15) is 31.2 Å². The van der Waals surface area contributed by atoms with Crippen LogP contribution < -0.4 is 4.74 Å².